The van der Waals surface area contributed by atoms with E-state index in [1.165, 1.54) is 31.8 Å². The van der Waals surface area contributed by atoms with Crippen LogP contribution in [0, 0.1) is 11.6 Å². The number of nitrogens with one attached hydrogen (secondary N) is 2. The van der Waals surface area contributed by atoms with E-state index in [9.17, 15) is 9.60 Å². The molecule has 5 N–H and O–H groups in total. The molecule has 1 aromatic heterocycles. The smallest absolute Gasteiger partial charge is 0.283 e. The van der Waals surface area contributed by atoms with Crippen molar-refractivity contribution in [3.05, 3.63) is 102 Å². The topological polar surface area (TPSA) is 95.7 Å². The Morgan fingerprint density at radius 1 is 1.38 bits per heavy atom. The van der Waals surface area contributed by atoms with Crippen LogP contribution in [0.25, 0.3) is 5.57 Å². The Bertz CT molecular complexity index is 1300. The Morgan fingerprint density at radius 3 is 2.78 bits per heavy atom. The fraction of sp³-hybridized carbons (Fsp3) is 0.160. The highest BCUT2D eigenvalue weighted by Gasteiger charge is 2.34. The maximum Gasteiger partial charge on any atom is 0.283 e. The molecule has 1 unspecified atom stereocenters. The number of aromatic nitrogens is 1. The zero-order valence-electron chi connectivity index (χ0n) is 20.3. The van der Waals surface area contributed by atoms with Crippen LogP contribution in [0.3, 0.4) is 0 Å². The van der Waals surface area contributed by atoms with Crippen molar-refractivity contribution in [1.82, 2.24) is 19.4 Å². The number of allylic oxidation sites excluding steroid dienone is 4. The summed E-state index contributed by atoms with van der Waals surface area (Å²) in [4.78, 5) is 5.63. The number of halogens is 3. The molecule has 0 radical (unpaired) electrons. The SMILES string of the molecule is C=CN1C=C(c2c(F)ccc(N[N+](O)(S)c3cc(Cl)cnc3OC)c2F)C=C/C1=C(/CCC)N/C=C\N. The lowest BCUT2D eigenvalue weighted by atomic mass is 10.0. The number of hydrogen-bond donors (Lipinski definition) is 5. The van der Waals surface area contributed by atoms with Crippen LogP contribution < -0.4 is 25.4 Å². The predicted molar refractivity (Wildman–Crippen MR) is 146 cm³/mol. The number of nitrogens with zero attached hydrogens (tertiary/aromatic N) is 3. The number of anilines is 1. The second kappa shape index (κ2) is 12.2. The minimum absolute atomic E-state index is 0.00280. The minimum atomic E-state index is -1.38. The van der Waals surface area contributed by atoms with Crippen molar-refractivity contribution >= 4 is 41.4 Å². The van der Waals surface area contributed by atoms with E-state index >= 15 is 4.39 Å². The lowest BCUT2D eigenvalue weighted by Crippen LogP contribution is -2.42. The van der Waals surface area contributed by atoms with Crippen molar-refractivity contribution in [1.29, 1.82) is 0 Å². The summed E-state index contributed by atoms with van der Waals surface area (Å²) in [5.41, 5.74) is 9.25. The first-order valence-electron chi connectivity index (χ1n) is 11.1. The van der Waals surface area contributed by atoms with Gasteiger partial charge in [0.1, 0.15) is 24.3 Å². The second-order valence-corrected chi connectivity index (χ2v) is 8.82. The van der Waals surface area contributed by atoms with Gasteiger partial charge in [-0.1, -0.05) is 37.6 Å². The molecule has 12 heteroatoms. The lowest BCUT2D eigenvalue weighted by molar-refractivity contribution is 0.0496. The van der Waals surface area contributed by atoms with Crippen molar-refractivity contribution in [2.24, 2.45) is 5.73 Å². The number of ether oxygens (including phenoxy) is 1. The van der Waals surface area contributed by atoms with Gasteiger partial charge >= 0.3 is 0 Å². The van der Waals surface area contributed by atoms with Crippen LogP contribution in [-0.2, 0) is 0 Å². The molecule has 8 nitrogen and oxygen atoms in total. The zero-order valence-corrected chi connectivity index (χ0v) is 21.9. The molecule has 0 aliphatic carbocycles. The van der Waals surface area contributed by atoms with E-state index in [4.69, 9.17) is 22.1 Å². The molecule has 1 aliphatic rings. The van der Waals surface area contributed by atoms with Gasteiger partial charge in [-0.05, 0) is 24.6 Å². The van der Waals surface area contributed by atoms with E-state index in [1.54, 1.807) is 29.5 Å². The highest BCUT2D eigenvalue weighted by atomic mass is 35.5. The number of quaternary nitrogens is 1. The molecular weight excluding hydrogens is 522 g/mol. The average molecular weight is 550 g/mol. The number of hydrogen-bond acceptors (Lipinski definition) is 8. The molecule has 37 heavy (non-hydrogen) atoms. The van der Waals surface area contributed by atoms with Gasteiger partial charge in [-0.25, -0.2) is 13.8 Å². The molecule has 2 aromatic rings. The van der Waals surface area contributed by atoms with E-state index < -0.39 is 15.8 Å². The average Bonchev–Trinajstić information content (AvgIpc) is 2.88. The van der Waals surface area contributed by atoms with Crippen LogP contribution in [0.1, 0.15) is 25.3 Å². The fourth-order valence-electron chi connectivity index (χ4n) is 3.67. The number of thiol groups is 1. The van der Waals surface area contributed by atoms with E-state index in [2.05, 4.69) is 35.1 Å². The van der Waals surface area contributed by atoms with Crippen LogP contribution in [0.15, 0.2) is 79.3 Å². The first kappa shape index (κ1) is 28.1. The molecule has 0 saturated carbocycles. The normalized spacial score (nSPS) is 16.3. The first-order valence-corrected chi connectivity index (χ1v) is 11.9. The summed E-state index contributed by atoms with van der Waals surface area (Å²) < 4.78 is 34.4. The third kappa shape index (κ3) is 6.25. The largest absolute Gasteiger partial charge is 0.477 e. The predicted octanol–water partition coefficient (Wildman–Crippen LogP) is 5.98. The summed E-state index contributed by atoms with van der Waals surface area (Å²) in [5.74, 6) is -1.76. The molecule has 1 aromatic carbocycles. The number of benzene rings is 1. The van der Waals surface area contributed by atoms with E-state index in [1.807, 2.05) is 6.92 Å². The molecule has 0 spiro atoms. The number of methoxy groups -OCH3 is 1. The third-order valence-electron chi connectivity index (χ3n) is 5.32. The third-order valence-corrected chi connectivity index (χ3v) is 5.84. The molecule has 0 amide bonds. The highest BCUT2D eigenvalue weighted by molar-refractivity contribution is 7.79. The van der Waals surface area contributed by atoms with Crippen LogP contribution >= 0.6 is 24.4 Å². The summed E-state index contributed by atoms with van der Waals surface area (Å²) in [5, 5.41) is 14.3. The van der Waals surface area contributed by atoms with E-state index in [-0.39, 0.29) is 33.4 Å². The number of nitrogens with two attached hydrogens (primary N) is 1. The first-order chi connectivity index (χ1) is 17.7. The van der Waals surface area contributed by atoms with Gasteiger partial charge in [-0.2, -0.15) is 10.6 Å². The molecule has 2 heterocycles. The Morgan fingerprint density at radius 2 is 2.14 bits per heavy atom. The van der Waals surface area contributed by atoms with Gasteiger partial charge in [0.25, 0.3) is 11.6 Å². The molecule has 0 fully saturated rings. The van der Waals surface area contributed by atoms with Gasteiger partial charge in [0.2, 0.25) is 0 Å². The van der Waals surface area contributed by atoms with Crippen molar-refractivity contribution in [2.75, 3.05) is 12.5 Å². The molecule has 3 rings (SSSR count). The van der Waals surface area contributed by atoms with Crippen LogP contribution in [0.5, 0.6) is 5.88 Å². The van der Waals surface area contributed by atoms with Gasteiger partial charge in [0.05, 0.1) is 23.4 Å². The molecule has 0 bridgehead atoms. The monoisotopic (exact) mass is 549 g/mol. The Labute approximate surface area is 224 Å². The minimum Gasteiger partial charge on any atom is -0.477 e. The molecular formula is C25H28ClF2N6O2S+. The highest BCUT2D eigenvalue weighted by Crippen LogP contribution is 2.37. The van der Waals surface area contributed by atoms with Gasteiger partial charge in [0, 0.05) is 52.5 Å². The maximum absolute atomic E-state index is 15.7. The molecule has 1 aliphatic heterocycles. The number of rotatable bonds is 10. The standard InChI is InChI=1S/C25H28ClF2N6O2S/c1-4-6-19(30-12-11-29)21-10-7-16(15-33(21)5-2)23-18(27)8-9-20(24(23)28)32-34(35,37)22-13-17(26)14-31-25(22)36-3/h5,7-15,30,32,35,37H,2,4,6,29H2,1,3H3/q+1/b12-11-,21-19+. The van der Waals surface area contributed by atoms with E-state index in [0.717, 1.165) is 29.9 Å². The van der Waals surface area contributed by atoms with Crippen LogP contribution in [0.4, 0.5) is 20.2 Å². The number of pyridine rings is 1. The Hall–Kier alpha value is -3.51. The van der Waals surface area contributed by atoms with Crippen molar-refractivity contribution in [2.45, 2.75) is 19.8 Å². The summed E-state index contributed by atoms with van der Waals surface area (Å²) in [7, 11) is 1.34. The van der Waals surface area contributed by atoms with E-state index in [0.29, 0.717) is 6.42 Å². The lowest BCUT2D eigenvalue weighted by Gasteiger charge is -2.27. The quantitative estimate of drug-likeness (QED) is 0.141. The Balaban J connectivity index is 2.03. The van der Waals surface area contributed by atoms with Gasteiger partial charge < -0.3 is 20.7 Å². The van der Waals surface area contributed by atoms with Gasteiger partial charge in [-0.15, -0.1) is 0 Å². The van der Waals surface area contributed by atoms with Crippen molar-refractivity contribution in [3.8, 4) is 5.88 Å². The summed E-state index contributed by atoms with van der Waals surface area (Å²) >= 11 is 10.2. The van der Waals surface area contributed by atoms with Gasteiger partial charge in [0.15, 0.2) is 5.82 Å². The van der Waals surface area contributed by atoms with Crippen LogP contribution in [-0.4, -0.2) is 22.2 Å². The summed E-state index contributed by atoms with van der Waals surface area (Å²) in [6, 6.07) is 3.57. The summed E-state index contributed by atoms with van der Waals surface area (Å²) in [6.07, 6.45) is 12.3. The Kier molecular flexibility index (Phi) is 9.22. The molecule has 196 valence electrons. The molecule has 0 saturated heterocycles. The zero-order chi connectivity index (χ0) is 27.2. The fourth-order valence-corrected chi connectivity index (χ4v) is 4.08. The van der Waals surface area contributed by atoms with Crippen LogP contribution in [0.2, 0.25) is 5.02 Å². The van der Waals surface area contributed by atoms with Crippen molar-refractivity contribution in [3.63, 3.8) is 0 Å². The van der Waals surface area contributed by atoms with Gasteiger partial charge in [-0.3, -0.25) is 0 Å². The second-order valence-electron chi connectivity index (χ2n) is 7.80. The maximum atomic E-state index is 15.7. The van der Waals surface area contributed by atoms with Crippen molar-refractivity contribution < 1.29 is 18.7 Å². The summed E-state index contributed by atoms with van der Waals surface area (Å²) in [6.45, 7) is 5.85. The molecule has 1 atom stereocenters.